The summed E-state index contributed by atoms with van der Waals surface area (Å²) in [5, 5.41) is 13.6. The van der Waals surface area contributed by atoms with Crippen LogP contribution in [0, 0.1) is 5.41 Å². The Hall–Kier alpha value is -0.770. The number of hydrogen-bond donors (Lipinski definition) is 2. The van der Waals surface area contributed by atoms with E-state index in [0.717, 1.165) is 18.5 Å². The van der Waals surface area contributed by atoms with Gasteiger partial charge in [-0.3, -0.25) is 4.79 Å². The first-order chi connectivity index (χ1) is 8.53. The molecular weight excluding hydrogens is 273 g/mol. The van der Waals surface area contributed by atoms with E-state index in [1.54, 1.807) is 12.1 Å². The summed E-state index contributed by atoms with van der Waals surface area (Å²) in [6.45, 7) is 1.39. The van der Waals surface area contributed by atoms with Crippen LogP contribution in [0.4, 0.5) is 0 Å². The van der Waals surface area contributed by atoms with E-state index in [-0.39, 0.29) is 0 Å². The van der Waals surface area contributed by atoms with Gasteiger partial charge in [0, 0.05) is 6.54 Å². The maximum atomic E-state index is 11.5. The average molecular weight is 288 g/mol. The molecule has 3 nitrogen and oxygen atoms in total. The predicted octanol–water partition coefficient (Wildman–Crippen LogP) is 2.99. The van der Waals surface area contributed by atoms with Crippen LogP contribution < -0.4 is 5.32 Å². The third-order valence-corrected chi connectivity index (χ3v) is 4.19. The average Bonchev–Trinajstić information content (AvgIpc) is 2.35. The summed E-state index contributed by atoms with van der Waals surface area (Å²) < 4.78 is 0. The topological polar surface area (TPSA) is 49.3 Å². The highest BCUT2D eigenvalue weighted by atomic mass is 35.5. The Bertz CT molecular complexity index is 456. The van der Waals surface area contributed by atoms with Crippen molar-refractivity contribution in [3.63, 3.8) is 0 Å². The molecule has 0 aromatic heterocycles. The second-order valence-electron chi connectivity index (χ2n) is 4.79. The number of aliphatic carboxylic acids is 1. The Morgan fingerprint density at radius 3 is 2.72 bits per heavy atom. The minimum absolute atomic E-state index is 0.471. The van der Waals surface area contributed by atoms with Crippen molar-refractivity contribution in [2.45, 2.75) is 19.3 Å². The summed E-state index contributed by atoms with van der Waals surface area (Å²) in [6.07, 6.45) is 2.05. The molecule has 98 valence electrons. The number of benzene rings is 1. The number of rotatable bonds is 3. The summed E-state index contributed by atoms with van der Waals surface area (Å²) in [5.41, 5.74) is 0.186. The Labute approximate surface area is 116 Å². The maximum absolute atomic E-state index is 11.5. The lowest BCUT2D eigenvalue weighted by atomic mass is 9.76. The predicted molar refractivity (Wildman–Crippen MR) is 72.3 cm³/mol. The number of carboxylic acid groups (broad SMARTS) is 1. The van der Waals surface area contributed by atoms with Crippen molar-refractivity contribution in [2.75, 3.05) is 13.1 Å². The Morgan fingerprint density at radius 1 is 1.39 bits per heavy atom. The van der Waals surface area contributed by atoms with Crippen molar-refractivity contribution in [1.29, 1.82) is 0 Å². The molecule has 0 aliphatic carbocycles. The van der Waals surface area contributed by atoms with Gasteiger partial charge >= 0.3 is 5.97 Å². The zero-order valence-corrected chi connectivity index (χ0v) is 11.4. The van der Waals surface area contributed by atoms with Crippen LogP contribution in [-0.4, -0.2) is 24.2 Å². The monoisotopic (exact) mass is 287 g/mol. The van der Waals surface area contributed by atoms with E-state index in [1.165, 1.54) is 0 Å². The highest BCUT2D eigenvalue weighted by molar-refractivity contribution is 6.42. The van der Waals surface area contributed by atoms with Crippen LogP contribution in [0.15, 0.2) is 18.2 Å². The first-order valence-electron chi connectivity index (χ1n) is 5.92. The summed E-state index contributed by atoms with van der Waals surface area (Å²) in [4.78, 5) is 11.5. The molecule has 1 aromatic carbocycles. The Kier molecular flexibility index (Phi) is 4.15. The fourth-order valence-electron chi connectivity index (χ4n) is 2.42. The molecule has 1 saturated heterocycles. The van der Waals surface area contributed by atoms with Crippen LogP contribution in [0.1, 0.15) is 18.4 Å². The van der Waals surface area contributed by atoms with Crippen molar-refractivity contribution in [1.82, 2.24) is 5.32 Å². The molecule has 0 amide bonds. The van der Waals surface area contributed by atoms with Crippen molar-refractivity contribution in [3.8, 4) is 0 Å². The lowest BCUT2D eigenvalue weighted by molar-refractivity contribution is -0.150. The molecule has 2 N–H and O–H groups in total. The molecular formula is C13H15Cl2NO2. The van der Waals surface area contributed by atoms with Crippen LogP contribution in [0.5, 0.6) is 0 Å². The van der Waals surface area contributed by atoms with E-state index in [9.17, 15) is 9.90 Å². The number of hydrogen-bond acceptors (Lipinski definition) is 2. The van der Waals surface area contributed by atoms with Gasteiger partial charge in [0.1, 0.15) is 0 Å². The second-order valence-corrected chi connectivity index (χ2v) is 5.61. The summed E-state index contributed by atoms with van der Waals surface area (Å²) in [5.74, 6) is -0.749. The highest BCUT2D eigenvalue weighted by Gasteiger charge is 2.39. The van der Waals surface area contributed by atoms with E-state index >= 15 is 0 Å². The first-order valence-corrected chi connectivity index (χ1v) is 6.67. The van der Waals surface area contributed by atoms with Crippen LogP contribution >= 0.6 is 23.2 Å². The zero-order chi connectivity index (χ0) is 13.2. The molecule has 1 aliphatic heterocycles. The third-order valence-electron chi connectivity index (χ3n) is 3.45. The summed E-state index contributed by atoms with van der Waals surface area (Å²) >= 11 is 11.8. The van der Waals surface area contributed by atoms with Crippen molar-refractivity contribution >= 4 is 29.2 Å². The number of nitrogens with one attached hydrogen (secondary N) is 1. The second kappa shape index (κ2) is 5.47. The lowest BCUT2D eigenvalue weighted by Crippen LogP contribution is -2.47. The number of halogens is 2. The van der Waals surface area contributed by atoms with Crippen molar-refractivity contribution < 1.29 is 9.90 Å². The smallest absolute Gasteiger partial charge is 0.311 e. The van der Waals surface area contributed by atoms with E-state index in [0.29, 0.717) is 29.4 Å². The normalized spacial score (nSPS) is 23.9. The summed E-state index contributed by atoms with van der Waals surface area (Å²) in [6, 6.07) is 5.31. The van der Waals surface area contributed by atoms with E-state index in [4.69, 9.17) is 23.2 Å². The third kappa shape index (κ3) is 2.79. The van der Waals surface area contributed by atoms with Gasteiger partial charge in [0.25, 0.3) is 0 Å². The molecule has 1 unspecified atom stereocenters. The van der Waals surface area contributed by atoms with Crippen molar-refractivity contribution in [3.05, 3.63) is 33.8 Å². The van der Waals surface area contributed by atoms with Gasteiger partial charge in [-0.05, 0) is 43.5 Å². The van der Waals surface area contributed by atoms with Gasteiger partial charge in [0.15, 0.2) is 0 Å². The van der Waals surface area contributed by atoms with Crippen LogP contribution in [0.3, 0.4) is 0 Å². The SMILES string of the molecule is O=C(O)C1(Cc2ccc(Cl)c(Cl)c2)CCCNC1. The molecule has 0 spiro atoms. The van der Waals surface area contributed by atoms with Crippen LogP contribution in [0.2, 0.25) is 10.0 Å². The number of carboxylic acids is 1. The fraction of sp³-hybridized carbons (Fsp3) is 0.462. The standard InChI is InChI=1S/C13H15Cl2NO2/c14-10-3-2-9(6-11(10)15)7-13(12(17)18)4-1-5-16-8-13/h2-3,6,16H,1,4-5,7-8H2,(H,17,18). The molecule has 2 rings (SSSR count). The van der Waals surface area contributed by atoms with E-state index in [1.807, 2.05) is 6.07 Å². The molecule has 1 aromatic rings. The summed E-state index contributed by atoms with van der Waals surface area (Å²) in [7, 11) is 0. The van der Waals surface area contributed by atoms with Gasteiger partial charge in [0.05, 0.1) is 15.5 Å². The molecule has 1 atom stereocenters. The van der Waals surface area contributed by atoms with Crippen LogP contribution in [-0.2, 0) is 11.2 Å². The van der Waals surface area contributed by atoms with Gasteiger partial charge in [-0.25, -0.2) is 0 Å². The van der Waals surface area contributed by atoms with Gasteiger partial charge in [-0.2, -0.15) is 0 Å². The maximum Gasteiger partial charge on any atom is 0.311 e. The van der Waals surface area contributed by atoms with Gasteiger partial charge in [-0.1, -0.05) is 29.3 Å². The lowest BCUT2D eigenvalue weighted by Gasteiger charge is -2.33. The van der Waals surface area contributed by atoms with Crippen molar-refractivity contribution in [2.24, 2.45) is 5.41 Å². The van der Waals surface area contributed by atoms with Gasteiger partial charge < -0.3 is 10.4 Å². The Morgan fingerprint density at radius 2 is 2.17 bits per heavy atom. The molecule has 5 heteroatoms. The molecule has 0 bridgehead atoms. The molecule has 1 aliphatic rings. The fourth-order valence-corrected chi connectivity index (χ4v) is 2.74. The van der Waals surface area contributed by atoms with Crippen LogP contribution in [0.25, 0.3) is 0 Å². The molecule has 0 radical (unpaired) electrons. The van der Waals surface area contributed by atoms with E-state index in [2.05, 4.69) is 5.32 Å². The molecule has 18 heavy (non-hydrogen) atoms. The molecule has 0 saturated carbocycles. The first kappa shape index (κ1) is 13.7. The number of piperidine rings is 1. The zero-order valence-electron chi connectivity index (χ0n) is 9.88. The van der Waals surface area contributed by atoms with Gasteiger partial charge in [0.2, 0.25) is 0 Å². The minimum atomic E-state index is -0.749. The minimum Gasteiger partial charge on any atom is -0.481 e. The highest BCUT2D eigenvalue weighted by Crippen LogP contribution is 2.33. The Balaban J connectivity index is 2.23. The number of carbonyl (C=O) groups is 1. The van der Waals surface area contributed by atoms with E-state index < -0.39 is 11.4 Å². The quantitative estimate of drug-likeness (QED) is 0.899. The largest absolute Gasteiger partial charge is 0.481 e. The molecule has 1 heterocycles. The van der Waals surface area contributed by atoms with Gasteiger partial charge in [-0.15, -0.1) is 0 Å². The molecule has 1 fully saturated rings.